The third-order valence-electron chi connectivity index (χ3n) is 1.21. The first-order chi connectivity index (χ1) is 6.07. The molecule has 0 unspecified atom stereocenters. The van der Waals surface area contributed by atoms with Gasteiger partial charge in [0.1, 0.15) is 0 Å². The molecule has 0 fully saturated rings. The summed E-state index contributed by atoms with van der Waals surface area (Å²) in [4.78, 5) is 10.9. The van der Waals surface area contributed by atoms with Gasteiger partial charge < -0.3 is 16.4 Å². The molecule has 4 heteroatoms. The maximum Gasteiger partial charge on any atom is 0.209 e. The minimum absolute atomic E-state index is 0.646. The first-order valence-corrected chi connectivity index (χ1v) is 3.79. The number of nitrogens with two attached hydrogens (primary N) is 2. The quantitative estimate of drug-likeness (QED) is 0.491. The number of benzene rings is 1. The molecule has 0 saturated heterocycles. The van der Waals surface area contributed by atoms with Gasteiger partial charge in [0, 0.05) is 14.1 Å². The Morgan fingerprint density at radius 1 is 1.15 bits per heavy atom. The number of anilines is 2. The number of para-hydroxylation sites is 2. The van der Waals surface area contributed by atoms with Crippen LogP contribution in [0.2, 0.25) is 0 Å². The molecule has 1 aromatic carbocycles. The van der Waals surface area contributed by atoms with Gasteiger partial charge >= 0.3 is 0 Å². The highest BCUT2D eigenvalue weighted by Crippen LogP contribution is 2.10. The number of amides is 1. The summed E-state index contributed by atoms with van der Waals surface area (Å²) in [6.07, 6.45) is 0.750. The summed E-state index contributed by atoms with van der Waals surface area (Å²) < 4.78 is 0. The number of nitrogen functional groups attached to an aromatic ring is 2. The van der Waals surface area contributed by atoms with E-state index in [-0.39, 0.29) is 0 Å². The Hall–Kier alpha value is -1.71. The lowest BCUT2D eigenvalue weighted by molar-refractivity contribution is -0.115. The van der Waals surface area contributed by atoms with Crippen molar-refractivity contribution in [3.05, 3.63) is 24.3 Å². The van der Waals surface area contributed by atoms with Crippen LogP contribution in [0.5, 0.6) is 0 Å². The lowest BCUT2D eigenvalue weighted by atomic mass is 10.3. The molecular formula is C9H15N3O. The van der Waals surface area contributed by atoms with E-state index in [4.69, 9.17) is 11.5 Å². The molecule has 1 amide bonds. The van der Waals surface area contributed by atoms with Crippen LogP contribution in [0, 0.1) is 0 Å². The summed E-state index contributed by atoms with van der Waals surface area (Å²) in [5, 5.41) is 0. The van der Waals surface area contributed by atoms with Gasteiger partial charge in [0.05, 0.1) is 11.4 Å². The Bertz CT molecular complexity index is 240. The highest BCUT2D eigenvalue weighted by atomic mass is 16.1. The van der Waals surface area contributed by atoms with Crippen molar-refractivity contribution >= 4 is 17.8 Å². The summed E-state index contributed by atoms with van der Waals surface area (Å²) in [6.45, 7) is 0. The van der Waals surface area contributed by atoms with E-state index in [2.05, 4.69) is 0 Å². The fourth-order valence-corrected chi connectivity index (χ4v) is 0.511. The Labute approximate surface area is 78.1 Å². The van der Waals surface area contributed by atoms with Crippen LogP contribution in [-0.4, -0.2) is 25.4 Å². The van der Waals surface area contributed by atoms with Crippen LogP contribution in [0.25, 0.3) is 0 Å². The molecule has 4 nitrogen and oxygen atoms in total. The van der Waals surface area contributed by atoms with E-state index in [1.807, 2.05) is 12.1 Å². The fourth-order valence-electron chi connectivity index (χ4n) is 0.511. The van der Waals surface area contributed by atoms with Crippen LogP contribution in [-0.2, 0) is 4.79 Å². The summed E-state index contributed by atoms with van der Waals surface area (Å²) >= 11 is 0. The van der Waals surface area contributed by atoms with Crippen molar-refractivity contribution in [1.29, 1.82) is 0 Å². The summed E-state index contributed by atoms with van der Waals surface area (Å²) in [6, 6.07) is 7.25. The smallest absolute Gasteiger partial charge is 0.209 e. The molecule has 1 rings (SSSR count). The summed E-state index contributed by atoms with van der Waals surface area (Å²) in [5.41, 5.74) is 12.1. The molecule has 0 aliphatic rings. The van der Waals surface area contributed by atoms with E-state index >= 15 is 0 Å². The van der Waals surface area contributed by atoms with E-state index in [1.165, 1.54) is 4.90 Å². The Kier molecular flexibility index (Phi) is 5.11. The third kappa shape index (κ3) is 5.55. The average molecular weight is 181 g/mol. The predicted molar refractivity (Wildman–Crippen MR) is 55.0 cm³/mol. The molecule has 72 valence electrons. The lowest BCUT2D eigenvalue weighted by Crippen LogP contribution is -2.06. The molecule has 1 aromatic rings. The summed E-state index contributed by atoms with van der Waals surface area (Å²) in [5.74, 6) is 0. The van der Waals surface area contributed by atoms with E-state index in [1.54, 1.807) is 26.2 Å². The zero-order chi connectivity index (χ0) is 10.3. The van der Waals surface area contributed by atoms with E-state index in [0.717, 1.165) is 6.41 Å². The minimum Gasteiger partial charge on any atom is -0.397 e. The molecule has 0 heterocycles. The van der Waals surface area contributed by atoms with Crippen molar-refractivity contribution in [2.45, 2.75) is 0 Å². The Balaban J connectivity index is 0.000000252. The number of carbonyl (C=O) groups excluding carboxylic acids is 1. The number of carbonyl (C=O) groups is 1. The third-order valence-corrected chi connectivity index (χ3v) is 1.21. The Morgan fingerprint density at radius 3 is 1.62 bits per heavy atom. The van der Waals surface area contributed by atoms with Crippen molar-refractivity contribution in [1.82, 2.24) is 4.90 Å². The van der Waals surface area contributed by atoms with Gasteiger partial charge in [0.2, 0.25) is 6.41 Å². The molecule has 0 aliphatic carbocycles. The molecule has 0 spiro atoms. The van der Waals surface area contributed by atoms with Crippen LogP contribution in [0.1, 0.15) is 0 Å². The molecule has 0 radical (unpaired) electrons. The zero-order valence-electron chi connectivity index (χ0n) is 7.90. The second kappa shape index (κ2) is 5.88. The highest BCUT2D eigenvalue weighted by molar-refractivity contribution is 5.62. The van der Waals surface area contributed by atoms with Crippen LogP contribution in [0.3, 0.4) is 0 Å². The fraction of sp³-hybridized carbons (Fsp3) is 0.222. The van der Waals surface area contributed by atoms with Crippen molar-refractivity contribution < 1.29 is 4.79 Å². The van der Waals surface area contributed by atoms with E-state index in [9.17, 15) is 4.79 Å². The molecule has 0 aliphatic heterocycles. The van der Waals surface area contributed by atoms with Gasteiger partial charge in [-0.15, -0.1) is 0 Å². The monoisotopic (exact) mass is 181 g/mol. The highest BCUT2D eigenvalue weighted by Gasteiger charge is 1.85. The van der Waals surface area contributed by atoms with Crippen molar-refractivity contribution in [3.63, 3.8) is 0 Å². The topological polar surface area (TPSA) is 72.3 Å². The van der Waals surface area contributed by atoms with E-state index < -0.39 is 0 Å². The van der Waals surface area contributed by atoms with Gasteiger partial charge in [-0.25, -0.2) is 0 Å². The van der Waals surface area contributed by atoms with Crippen LogP contribution in [0.15, 0.2) is 24.3 Å². The standard InChI is InChI=1S/C6H8N2.C3H7NO/c7-5-3-1-2-4-6(5)8;1-4(2)3-5/h1-4H,7-8H2;3H,1-2H3. The van der Waals surface area contributed by atoms with E-state index in [0.29, 0.717) is 11.4 Å². The maximum atomic E-state index is 9.43. The SMILES string of the molecule is CN(C)C=O.Nc1ccccc1N. The number of nitrogens with zero attached hydrogens (tertiary/aromatic N) is 1. The van der Waals surface area contributed by atoms with Crippen LogP contribution >= 0.6 is 0 Å². The second-order valence-electron chi connectivity index (χ2n) is 2.70. The van der Waals surface area contributed by atoms with Gasteiger partial charge in [0.15, 0.2) is 0 Å². The van der Waals surface area contributed by atoms with Crippen LogP contribution in [0.4, 0.5) is 11.4 Å². The minimum atomic E-state index is 0.646. The van der Waals surface area contributed by atoms with Gasteiger partial charge in [-0.3, -0.25) is 4.79 Å². The molecule has 0 atom stereocenters. The van der Waals surface area contributed by atoms with Crippen molar-refractivity contribution in [2.24, 2.45) is 0 Å². The maximum absolute atomic E-state index is 9.43. The Morgan fingerprint density at radius 2 is 1.46 bits per heavy atom. The van der Waals surface area contributed by atoms with Crippen LogP contribution < -0.4 is 11.5 Å². The number of rotatable bonds is 1. The molecule has 0 bridgehead atoms. The predicted octanol–water partition coefficient (Wildman–Crippen LogP) is 0.555. The molecular weight excluding hydrogens is 166 g/mol. The first kappa shape index (κ1) is 11.3. The molecule has 13 heavy (non-hydrogen) atoms. The van der Waals surface area contributed by atoms with Crippen molar-refractivity contribution in [2.75, 3.05) is 25.6 Å². The molecule has 0 aromatic heterocycles. The average Bonchev–Trinajstić information content (AvgIpc) is 2.11. The lowest BCUT2D eigenvalue weighted by Gasteiger charge is -1.94. The largest absolute Gasteiger partial charge is 0.397 e. The number of hydrogen-bond acceptors (Lipinski definition) is 3. The summed E-state index contributed by atoms with van der Waals surface area (Å²) in [7, 11) is 3.38. The molecule has 4 N–H and O–H groups in total. The molecule has 0 saturated carbocycles. The normalized spacial score (nSPS) is 8.15. The van der Waals surface area contributed by atoms with Gasteiger partial charge in [-0.1, -0.05) is 12.1 Å². The zero-order valence-corrected chi connectivity index (χ0v) is 7.90. The van der Waals surface area contributed by atoms with Gasteiger partial charge in [0.25, 0.3) is 0 Å². The van der Waals surface area contributed by atoms with Crippen molar-refractivity contribution in [3.8, 4) is 0 Å². The van der Waals surface area contributed by atoms with Gasteiger partial charge in [-0.05, 0) is 12.1 Å². The van der Waals surface area contributed by atoms with Gasteiger partial charge in [-0.2, -0.15) is 0 Å². The second-order valence-corrected chi connectivity index (χ2v) is 2.70. The first-order valence-electron chi connectivity index (χ1n) is 3.79. The number of hydrogen-bond donors (Lipinski definition) is 2.